The van der Waals surface area contributed by atoms with Crippen LogP contribution in [0.4, 0.5) is 5.69 Å². The summed E-state index contributed by atoms with van der Waals surface area (Å²) in [6, 6.07) is 17.9. The maximum absolute atomic E-state index is 13.9. The number of hydrogen-bond donors (Lipinski definition) is 0. The van der Waals surface area contributed by atoms with E-state index < -0.39 is 46.9 Å². The van der Waals surface area contributed by atoms with E-state index in [2.05, 4.69) is 0 Å². The molecule has 6 nitrogen and oxygen atoms in total. The number of Topliss-reactive ketones (excluding diaryl/α,β-unsaturated/α-hetero) is 2. The Bertz CT molecular complexity index is 1430. The minimum absolute atomic E-state index is 0.174. The lowest BCUT2D eigenvalue weighted by molar-refractivity contribution is -0.127. The molecular weight excluding hydrogens is 489 g/mol. The van der Waals surface area contributed by atoms with Gasteiger partial charge in [0, 0.05) is 26.7 Å². The number of nitrogens with zero attached hydrogens (tertiary/aromatic N) is 1. The lowest BCUT2D eigenvalue weighted by atomic mass is 9.77. The molecule has 0 radical (unpaired) electrons. The number of anilines is 1. The molecule has 35 heavy (non-hydrogen) atoms. The SMILES string of the molecule is Cc1ccc(N2C(=O)[C@@H]3[C@@H](C2=O)C2(O[C@H]3c3ccc(Cl)cc3Cl)C(=O)c3ccccc3C2=O)cc1. The van der Waals surface area contributed by atoms with Gasteiger partial charge in [0.2, 0.25) is 29.0 Å². The minimum Gasteiger partial charge on any atom is -0.349 e. The van der Waals surface area contributed by atoms with Crippen molar-refractivity contribution in [1.29, 1.82) is 0 Å². The van der Waals surface area contributed by atoms with Crippen LogP contribution < -0.4 is 4.90 Å². The molecule has 1 spiro atoms. The van der Waals surface area contributed by atoms with E-state index in [1.807, 2.05) is 6.92 Å². The largest absolute Gasteiger partial charge is 0.349 e. The Hall–Kier alpha value is -3.32. The molecule has 0 saturated carbocycles. The Balaban J connectivity index is 1.56. The average Bonchev–Trinajstić information content (AvgIpc) is 3.40. The Morgan fingerprint density at radius 3 is 2.06 bits per heavy atom. The van der Waals surface area contributed by atoms with Crippen molar-refractivity contribution in [1.82, 2.24) is 0 Å². The highest BCUT2D eigenvalue weighted by atomic mass is 35.5. The molecule has 174 valence electrons. The summed E-state index contributed by atoms with van der Waals surface area (Å²) in [4.78, 5) is 56.2. The zero-order valence-electron chi connectivity index (χ0n) is 18.3. The second-order valence-corrected chi connectivity index (χ2v) is 9.84. The van der Waals surface area contributed by atoms with Gasteiger partial charge in [-0.1, -0.05) is 71.2 Å². The van der Waals surface area contributed by atoms with Crippen molar-refractivity contribution in [2.45, 2.75) is 18.6 Å². The summed E-state index contributed by atoms with van der Waals surface area (Å²) in [6.07, 6.45) is -1.10. The summed E-state index contributed by atoms with van der Waals surface area (Å²) in [6.45, 7) is 1.89. The van der Waals surface area contributed by atoms with Crippen LogP contribution in [-0.4, -0.2) is 29.0 Å². The van der Waals surface area contributed by atoms with Crippen molar-refractivity contribution in [3.8, 4) is 0 Å². The van der Waals surface area contributed by atoms with Crippen LogP contribution in [0, 0.1) is 18.8 Å². The first kappa shape index (κ1) is 22.2. The standard InChI is InChI=1S/C27H17Cl2NO5/c1-13-6-9-15(10-7-13)30-25(33)20-21(26(30)34)27(23(31)16-4-2-3-5-17(16)24(27)32)35-22(20)18-11-8-14(28)12-19(18)29/h2-12,20-22H,1H3/t20-,21+,22+/m1/s1. The van der Waals surface area contributed by atoms with Crippen LogP contribution >= 0.6 is 23.2 Å². The van der Waals surface area contributed by atoms with Gasteiger partial charge >= 0.3 is 0 Å². The lowest BCUT2D eigenvalue weighted by Crippen LogP contribution is -2.51. The number of imide groups is 1. The van der Waals surface area contributed by atoms with Gasteiger partial charge in [-0.3, -0.25) is 19.2 Å². The van der Waals surface area contributed by atoms with Crippen LogP contribution in [0.3, 0.4) is 0 Å². The molecule has 0 N–H and O–H groups in total. The highest BCUT2D eigenvalue weighted by Crippen LogP contribution is 2.58. The summed E-state index contributed by atoms with van der Waals surface area (Å²) in [5, 5.41) is 0.585. The van der Waals surface area contributed by atoms with Gasteiger partial charge in [0.05, 0.1) is 23.6 Å². The van der Waals surface area contributed by atoms with E-state index in [1.165, 1.54) is 18.2 Å². The van der Waals surface area contributed by atoms with Crippen molar-refractivity contribution >= 4 is 52.3 Å². The van der Waals surface area contributed by atoms with Gasteiger partial charge < -0.3 is 4.74 Å². The zero-order valence-corrected chi connectivity index (χ0v) is 19.8. The summed E-state index contributed by atoms with van der Waals surface area (Å²) in [5.41, 5.74) is -0.0942. The molecule has 1 aliphatic carbocycles. The summed E-state index contributed by atoms with van der Waals surface area (Å²) < 4.78 is 6.24. The van der Waals surface area contributed by atoms with Gasteiger partial charge in [-0.05, 0) is 31.2 Å². The molecule has 3 aromatic carbocycles. The van der Waals surface area contributed by atoms with Crippen molar-refractivity contribution in [3.05, 3.63) is 99.0 Å². The summed E-state index contributed by atoms with van der Waals surface area (Å²) in [5.74, 6) is -4.88. The van der Waals surface area contributed by atoms with E-state index in [0.717, 1.165) is 10.5 Å². The molecule has 6 rings (SSSR count). The smallest absolute Gasteiger partial charge is 0.241 e. The van der Waals surface area contributed by atoms with E-state index in [4.69, 9.17) is 27.9 Å². The van der Waals surface area contributed by atoms with E-state index in [0.29, 0.717) is 16.3 Å². The quantitative estimate of drug-likeness (QED) is 0.361. The van der Waals surface area contributed by atoms with Crippen LogP contribution in [-0.2, 0) is 14.3 Å². The number of ether oxygens (including phenoxy) is 1. The van der Waals surface area contributed by atoms with Crippen LogP contribution in [0.25, 0.3) is 0 Å². The van der Waals surface area contributed by atoms with Crippen molar-refractivity contribution < 1.29 is 23.9 Å². The first-order valence-electron chi connectivity index (χ1n) is 11.0. The predicted molar refractivity (Wildman–Crippen MR) is 129 cm³/mol. The molecule has 0 bridgehead atoms. The van der Waals surface area contributed by atoms with Crippen LogP contribution in [0.2, 0.25) is 10.0 Å². The first-order valence-corrected chi connectivity index (χ1v) is 11.8. The van der Waals surface area contributed by atoms with Crippen molar-refractivity contribution in [2.24, 2.45) is 11.8 Å². The van der Waals surface area contributed by atoms with E-state index in [-0.39, 0.29) is 16.1 Å². The normalized spacial score (nSPS) is 24.4. The topological polar surface area (TPSA) is 80.8 Å². The maximum Gasteiger partial charge on any atom is 0.241 e. The molecule has 3 atom stereocenters. The summed E-state index contributed by atoms with van der Waals surface area (Å²) >= 11 is 12.5. The number of benzene rings is 3. The zero-order chi connectivity index (χ0) is 24.6. The van der Waals surface area contributed by atoms with Crippen LogP contribution in [0.1, 0.15) is 37.9 Å². The Morgan fingerprint density at radius 2 is 1.46 bits per heavy atom. The molecule has 0 aromatic heterocycles. The number of carbonyl (C=O) groups is 4. The van der Waals surface area contributed by atoms with Gasteiger partial charge in [0.15, 0.2) is 0 Å². The predicted octanol–water partition coefficient (Wildman–Crippen LogP) is 5.00. The number of fused-ring (bicyclic) bond motifs is 3. The Morgan fingerprint density at radius 1 is 0.829 bits per heavy atom. The molecule has 3 aromatic rings. The Labute approximate surface area is 210 Å². The fourth-order valence-electron chi connectivity index (χ4n) is 5.48. The number of aryl methyl sites for hydroxylation is 1. The highest BCUT2D eigenvalue weighted by molar-refractivity contribution is 6.37. The lowest BCUT2D eigenvalue weighted by Gasteiger charge is -2.27. The molecule has 2 fully saturated rings. The van der Waals surface area contributed by atoms with Crippen molar-refractivity contribution in [2.75, 3.05) is 4.90 Å². The molecule has 3 aliphatic rings. The first-order chi connectivity index (χ1) is 16.8. The monoisotopic (exact) mass is 505 g/mol. The van der Waals surface area contributed by atoms with Crippen LogP contribution in [0.5, 0.6) is 0 Å². The van der Waals surface area contributed by atoms with Gasteiger partial charge in [0.1, 0.15) is 0 Å². The van der Waals surface area contributed by atoms with E-state index in [1.54, 1.807) is 48.5 Å². The molecule has 2 saturated heterocycles. The second-order valence-electron chi connectivity index (χ2n) is 8.99. The van der Waals surface area contributed by atoms with E-state index >= 15 is 0 Å². The third-order valence-corrected chi connectivity index (χ3v) is 7.64. The third kappa shape index (κ3) is 2.88. The van der Waals surface area contributed by atoms with Gasteiger partial charge in [0.25, 0.3) is 0 Å². The minimum atomic E-state index is -2.14. The fraction of sp³-hybridized carbons (Fsp3) is 0.185. The van der Waals surface area contributed by atoms with Crippen LogP contribution in [0.15, 0.2) is 66.7 Å². The molecular formula is C27H17Cl2NO5. The molecule has 2 amide bonds. The number of rotatable bonds is 2. The average molecular weight is 506 g/mol. The molecule has 2 heterocycles. The number of carbonyl (C=O) groups excluding carboxylic acids is 4. The number of halogens is 2. The molecule has 8 heteroatoms. The third-order valence-electron chi connectivity index (χ3n) is 7.08. The van der Waals surface area contributed by atoms with Gasteiger partial charge in [-0.2, -0.15) is 0 Å². The molecule has 2 aliphatic heterocycles. The summed E-state index contributed by atoms with van der Waals surface area (Å²) in [7, 11) is 0. The maximum atomic E-state index is 13.9. The fourth-order valence-corrected chi connectivity index (χ4v) is 6.00. The number of ketones is 2. The molecule has 0 unspecified atom stereocenters. The number of amides is 2. The number of hydrogen-bond acceptors (Lipinski definition) is 5. The highest BCUT2D eigenvalue weighted by Gasteiger charge is 2.74. The van der Waals surface area contributed by atoms with Gasteiger partial charge in [-0.25, -0.2) is 4.90 Å². The van der Waals surface area contributed by atoms with E-state index in [9.17, 15) is 19.2 Å². The van der Waals surface area contributed by atoms with Gasteiger partial charge in [-0.15, -0.1) is 0 Å². The van der Waals surface area contributed by atoms with Crippen molar-refractivity contribution in [3.63, 3.8) is 0 Å². The second kappa shape index (κ2) is 7.59. The Kier molecular flexibility index (Phi) is 4.81.